The minimum absolute atomic E-state index is 0.698. The molecule has 1 aromatic heterocycles. The van der Waals surface area contributed by atoms with Crippen LogP contribution in [0.2, 0.25) is 0 Å². The highest BCUT2D eigenvalue weighted by Gasteiger charge is 1.97. The second kappa shape index (κ2) is 3.58. The first kappa shape index (κ1) is 8.88. The van der Waals surface area contributed by atoms with Crippen LogP contribution in [0.15, 0.2) is 30.3 Å². The zero-order chi connectivity index (χ0) is 9.97. The first-order chi connectivity index (χ1) is 6.83. The highest BCUT2D eigenvalue weighted by Crippen LogP contribution is 2.14. The Balaban J connectivity index is 2.63. The van der Waals surface area contributed by atoms with E-state index in [1.54, 1.807) is 6.07 Å². The van der Waals surface area contributed by atoms with Gasteiger partial charge in [-0.2, -0.15) is 0 Å². The molecule has 0 N–H and O–H groups in total. The van der Waals surface area contributed by atoms with Gasteiger partial charge in [-0.15, -0.1) is 0 Å². The van der Waals surface area contributed by atoms with Gasteiger partial charge in [-0.05, 0) is 30.7 Å². The zero-order valence-electron chi connectivity index (χ0n) is 8.03. The largest absolute Gasteiger partial charge is 0.298 e. The number of benzene rings is 1. The first-order valence-corrected chi connectivity index (χ1v) is 4.68. The average molecular weight is 185 g/mol. The Labute approximate surface area is 82.6 Å². The van der Waals surface area contributed by atoms with E-state index in [9.17, 15) is 4.79 Å². The normalized spacial score (nSPS) is 10.4. The molecule has 70 valence electrons. The monoisotopic (exact) mass is 185 g/mol. The van der Waals surface area contributed by atoms with Gasteiger partial charge in [0.25, 0.3) is 0 Å². The fourth-order valence-corrected chi connectivity index (χ4v) is 1.46. The number of fused-ring (bicyclic) bond motifs is 1. The quantitative estimate of drug-likeness (QED) is 0.673. The zero-order valence-corrected chi connectivity index (χ0v) is 8.03. The molecule has 0 fully saturated rings. The van der Waals surface area contributed by atoms with Crippen molar-refractivity contribution in [3.63, 3.8) is 0 Å². The molecule has 2 heteroatoms. The van der Waals surface area contributed by atoms with Crippen molar-refractivity contribution in [1.82, 2.24) is 4.98 Å². The lowest BCUT2D eigenvalue weighted by Crippen LogP contribution is -1.88. The molecule has 0 radical (unpaired) electrons. The number of aryl methyl sites for hydroxylation is 1. The van der Waals surface area contributed by atoms with E-state index in [2.05, 4.69) is 11.9 Å². The van der Waals surface area contributed by atoms with Crippen LogP contribution in [0.25, 0.3) is 10.9 Å². The van der Waals surface area contributed by atoms with Crippen molar-refractivity contribution in [2.45, 2.75) is 13.3 Å². The van der Waals surface area contributed by atoms with Crippen LogP contribution in [0.1, 0.15) is 23.0 Å². The van der Waals surface area contributed by atoms with E-state index in [4.69, 9.17) is 0 Å². The maximum absolute atomic E-state index is 10.6. The van der Waals surface area contributed by atoms with Gasteiger partial charge in [0.05, 0.1) is 5.52 Å². The van der Waals surface area contributed by atoms with Gasteiger partial charge in [0, 0.05) is 16.6 Å². The summed E-state index contributed by atoms with van der Waals surface area (Å²) in [6.45, 7) is 2.08. The average Bonchev–Trinajstić information content (AvgIpc) is 2.27. The van der Waals surface area contributed by atoms with Crippen LogP contribution >= 0.6 is 0 Å². The molecule has 0 unspecified atom stereocenters. The molecule has 1 aromatic carbocycles. The smallest absolute Gasteiger partial charge is 0.150 e. The summed E-state index contributed by atoms with van der Waals surface area (Å²) in [5.41, 5.74) is 2.73. The maximum Gasteiger partial charge on any atom is 0.150 e. The predicted molar refractivity (Wildman–Crippen MR) is 56.5 cm³/mol. The molecule has 0 spiro atoms. The van der Waals surface area contributed by atoms with Crippen LogP contribution in [0.3, 0.4) is 0 Å². The van der Waals surface area contributed by atoms with Crippen molar-refractivity contribution in [2.75, 3.05) is 0 Å². The van der Waals surface area contributed by atoms with E-state index < -0.39 is 0 Å². The van der Waals surface area contributed by atoms with Crippen LogP contribution in [0, 0.1) is 0 Å². The summed E-state index contributed by atoms with van der Waals surface area (Å²) in [5, 5.41) is 1.02. The maximum atomic E-state index is 10.6. The fourth-order valence-electron chi connectivity index (χ4n) is 1.46. The Morgan fingerprint density at radius 2 is 2.14 bits per heavy atom. The minimum atomic E-state index is 0.698. The van der Waals surface area contributed by atoms with Gasteiger partial charge in [-0.25, -0.2) is 0 Å². The number of carbonyl (C=O) groups excluding carboxylic acids is 1. The molecule has 0 saturated carbocycles. The summed E-state index contributed by atoms with van der Waals surface area (Å²) in [6.07, 6.45) is 1.79. The SMILES string of the molecule is CCc1ccc2cc(C=O)ccc2n1. The van der Waals surface area contributed by atoms with E-state index >= 15 is 0 Å². The van der Waals surface area contributed by atoms with Crippen molar-refractivity contribution < 1.29 is 4.79 Å². The summed E-state index contributed by atoms with van der Waals surface area (Å²) in [4.78, 5) is 15.0. The van der Waals surface area contributed by atoms with E-state index in [1.807, 2.05) is 24.3 Å². The molecule has 0 saturated heterocycles. The van der Waals surface area contributed by atoms with Gasteiger partial charge < -0.3 is 0 Å². The Morgan fingerprint density at radius 1 is 1.29 bits per heavy atom. The summed E-state index contributed by atoms with van der Waals surface area (Å²) in [6, 6.07) is 9.54. The number of pyridine rings is 1. The number of hydrogen-bond acceptors (Lipinski definition) is 2. The van der Waals surface area contributed by atoms with Crippen LogP contribution < -0.4 is 0 Å². The molecule has 0 aliphatic heterocycles. The topological polar surface area (TPSA) is 30.0 Å². The summed E-state index contributed by atoms with van der Waals surface area (Å²) >= 11 is 0. The Kier molecular flexibility index (Phi) is 2.27. The summed E-state index contributed by atoms with van der Waals surface area (Å²) in [7, 11) is 0. The van der Waals surface area contributed by atoms with Crippen LogP contribution in [0.5, 0.6) is 0 Å². The van der Waals surface area contributed by atoms with Gasteiger partial charge in [0.2, 0.25) is 0 Å². The second-order valence-corrected chi connectivity index (χ2v) is 3.23. The molecule has 0 aliphatic carbocycles. The standard InChI is InChI=1S/C12H11NO/c1-2-11-5-4-10-7-9(8-14)3-6-12(10)13-11/h3-8H,2H2,1H3. The lowest BCUT2D eigenvalue weighted by atomic mass is 10.1. The summed E-state index contributed by atoms with van der Waals surface area (Å²) in [5.74, 6) is 0. The van der Waals surface area contributed by atoms with E-state index in [-0.39, 0.29) is 0 Å². The molecule has 2 aromatic rings. The Morgan fingerprint density at radius 3 is 2.86 bits per heavy atom. The number of hydrogen-bond donors (Lipinski definition) is 0. The predicted octanol–water partition coefficient (Wildman–Crippen LogP) is 2.61. The third kappa shape index (κ3) is 1.51. The number of carbonyl (C=O) groups is 1. The van der Waals surface area contributed by atoms with Gasteiger partial charge in [0.1, 0.15) is 6.29 Å². The van der Waals surface area contributed by atoms with E-state index in [1.165, 1.54) is 0 Å². The molecule has 14 heavy (non-hydrogen) atoms. The highest BCUT2D eigenvalue weighted by molar-refractivity contribution is 5.86. The molecular formula is C12H11NO. The first-order valence-electron chi connectivity index (χ1n) is 4.68. The molecule has 0 bridgehead atoms. The molecular weight excluding hydrogens is 174 g/mol. The number of nitrogens with zero attached hydrogens (tertiary/aromatic N) is 1. The fraction of sp³-hybridized carbons (Fsp3) is 0.167. The third-order valence-corrected chi connectivity index (χ3v) is 2.27. The Hall–Kier alpha value is -1.70. The summed E-state index contributed by atoms with van der Waals surface area (Å²) < 4.78 is 0. The minimum Gasteiger partial charge on any atom is -0.298 e. The van der Waals surface area contributed by atoms with Gasteiger partial charge >= 0.3 is 0 Å². The molecule has 0 amide bonds. The second-order valence-electron chi connectivity index (χ2n) is 3.23. The van der Waals surface area contributed by atoms with Crippen molar-refractivity contribution in [3.8, 4) is 0 Å². The molecule has 2 rings (SSSR count). The third-order valence-electron chi connectivity index (χ3n) is 2.27. The van der Waals surface area contributed by atoms with Gasteiger partial charge in [-0.3, -0.25) is 9.78 Å². The van der Waals surface area contributed by atoms with Crippen molar-refractivity contribution >= 4 is 17.2 Å². The van der Waals surface area contributed by atoms with Crippen molar-refractivity contribution in [1.29, 1.82) is 0 Å². The van der Waals surface area contributed by atoms with Crippen molar-refractivity contribution in [3.05, 3.63) is 41.6 Å². The van der Waals surface area contributed by atoms with E-state index in [0.717, 1.165) is 29.3 Å². The van der Waals surface area contributed by atoms with Crippen LogP contribution in [-0.4, -0.2) is 11.3 Å². The number of rotatable bonds is 2. The number of aldehydes is 1. The van der Waals surface area contributed by atoms with Gasteiger partial charge in [0.15, 0.2) is 0 Å². The molecule has 0 atom stereocenters. The lowest BCUT2D eigenvalue weighted by Gasteiger charge is -2.00. The lowest BCUT2D eigenvalue weighted by molar-refractivity contribution is 0.112. The molecule has 2 nitrogen and oxygen atoms in total. The molecule has 1 heterocycles. The van der Waals surface area contributed by atoms with Crippen LogP contribution in [0.4, 0.5) is 0 Å². The Bertz CT molecular complexity index is 477. The van der Waals surface area contributed by atoms with Gasteiger partial charge in [-0.1, -0.05) is 13.0 Å². The highest BCUT2D eigenvalue weighted by atomic mass is 16.1. The van der Waals surface area contributed by atoms with Crippen LogP contribution in [-0.2, 0) is 6.42 Å². The number of aromatic nitrogens is 1. The van der Waals surface area contributed by atoms with E-state index in [0.29, 0.717) is 5.56 Å². The molecule has 0 aliphatic rings. The van der Waals surface area contributed by atoms with Crippen molar-refractivity contribution in [2.24, 2.45) is 0 Å².